The number of esters is 1. The smallest absolute Gasteiger partial charge is 0.338 e. The number of hydrogen-bond donors (Lipinski definition) is 0. The Labute approximate surface area is 252 Å². The summed E-state index contributed by atoms with van der Waals surface area (Å²) >= 11 is 17.1. The molecular formula is C30H23BrCl2N2O4S. The molecule has 1 aliphatic rings. The molecule has 0 unspecified atom stereocenters. The summed E-state index contributed by atoms with van der Waals surface area (Å²) in [5.41, 5.74) is 2.87. The highest BCUT2D eigenvalue weighted by Gasteiger charge is 2.33. The van der Waals surface area contributed by atoms with Crippen molar-refractivity contribution < 1.29 is 14.3 Å². The van der Waals surface area contributed by atoms with Crippen LogP contribution in [0.15, 0.2) is 92.3 Å². The fourth-order valence-corrected chi connectivity index (χ4v) is 6.32. The van der Waals surface area contributed by atoms with Crippen LogP contribution >= 0.6 is 50.5 Å². The summed E-state index contributed by atoms with van der Waals surface area (Å²) in [4.78, 5) is 32.1. The summed E-state index contributed by atoms with van der Waals surface area (Å²) in [6, 6.07) is 19.6. The van der Waals surface area contributed by atoms with E-state index < -0.39 is 12.0 Å². The molecule has 0 amide bonds. The first-order chi connectivity index (χ1) is 19.3. The van der Waals surface area contributed by atoms with Crippen molar-refractivity contribution in [3.63, 3.8) is 0 Å². The number of halogens is 3. The van der Waals surface area contributed by atoms with E-state index in [1.807, 2.05) is 54.6 Å². The van der Waals surface area contributed by atoms with Gasteiger partial charge in [-0.1, -0.05) is 86.9 Å². The van der Waals surface area contributed by atoms with Gasteiger partial charge in [-0.25, -0.2) is 9.79 Å². The highest BCUT2D eigenvalue weighted by molar-refractivity contribution is 9.10. The van der Waals surface area contributed by atoms with E-state index in [-0.39, 0.29) is 18.8 Å². The van der Waals surface area contributed by atoms with Gasteiger partial charge in [0.2, 0.25) is 0 Å². The third-order valence-electron chi connectivity index (χ3n) is 6.29. The maximum Gasteiger partial charge on any atom is 0.338 e. The Morgan fingerprint density at radius 2 is 1.90 bits per heavy atom. The molecule has 0 spiro atoms. The lowest BCUT2D eigenvalue weighted by atomic mass is 9.96. The zero-order valence-corrected chi connectivity index (χ0v) is 25.4. The molecule has 0 aliphatic carbocycles. The molecule has 5 rings (SSSR count). The number of fused-ring (bicyclic) bond motifs is 1. The second-order valence-electron chi connectivity index (χ2n) is 8.92. The van der Waals surface area contributed by atoms with Crippen LogP contribution in [0.4, 0.5) is 0 Å². The minimum Gasteiger partial charge on any atom is -0.488 e. The minimum atomic E-state index is -0.663. The van der Waals surface area contributed by atoms with Crippen LogP contribution in [0, 0.1) is 0 Å². The van der Waals surface area contributed by atoms with E-state index in [0.29, 0.717) is 42.0 Å². The first-order valence-corrected chi connectivity index (χ1v) is 14.7. The van der Waals surface area contributed by atoms with Gasteiger partial charge < -0.3 is 9.47 Å². The largest absolute Gasteiger partial charge is 0.488 e. The maximum atomic E-state index is 13.9. The summed E-state index contributed by atoms with van der Waals surface area (Å²) in [5, 5.41) is 1.05. The molecule has 204 valence electrons. The molecule has 2 heterocycles. The summed E-state index contributed by atoms with van der Waals surface area (Å²) in [6.45, 7) is 3.95. The van der Waals surface area contributed by atoms with Gasteiger partial charge in [0.25, 0.3) is 5.56 Å². The number of ether oxygens (including phenoxy) is 2. The van der Waals surface area contributed by atoms with Crippen LogP contribution in [0.5, 0.6) is 5.75 Å². The van der Waals surface area contributed by atoms with E-state index in [0.717, 1.165) is 15.6 Å². The molecule has 0 saturated heterocycles. The number of allylic oxidation sites excluding steroid dienone is 1. The summed E-state index contributed by atoms with van der Waals surface area (Å²) < 4.78 is 14.3. The van der Waals surface area contributed by atoms with Gasteiger partial charge in [-0.15, -0.1) is 0 Å². The third kappa shape index (κ3) is 5.81. The van der Waals surface area contributed by atoms with Crippen molar-refractivity contribution in [1.82, 2.24) is 4.57 Å². The molecule has 6 nitrogen and oxygen atoms in total. The van der Waals surface area contributed by atoms with Crippen molar-refractivity contribution in [2.45, 2.75) is 26.5 Å². The topological polar surface area (TPSA) is 69.9 Å². The monoisotopic (exact) mass is 656 g/mol. The molecule has 10 heteroatoms. The summed E-state index contributed by atoms with van der Waals surface area (Å²) in [7, 11) is 0. The Morgan fingerprint density at radius 1 is 1.12 bits per heavy atom. The average molecular weight is 658 g/mol. The molecule has 1 atom stereocenters. The number of benzene rings is 3. The van der Waals surface area contributed by atoms with Crippen molar-refractivity contribution in [3.8, 4) is 5.75 Å². The lowest BCUT2D eigenvalue weighted by Gasteiger charge is -2.24. The fraction of sp³-hybridized carbons (Fsp3) is 0.167. The van der Waals surface area contributed by atoms with Crippen molar-refractivity contribution in [1.29, 1.82) is 0 Å². The number of carbonyl (C=O) groups excluding carboxylic acids is 1. The normalized spacial score (nSPS) is 15.0. The molecule has 1 aromatic heterocycles. The molecule has 0 bridgehead atoms. The van der Waals surface area contributed by atoms with Crippen molar-refractivity contribution >= 4 is 62.5 Å². The Kier molecular flexibility index (Phi) is 8.61. The van der Waals surface area contributed by atoms with E-state index >= 15 is 0 Å². The van der Waals surface area contributed by atoms with Crippen molar-refractivity contribution in [2.24, 2.45) is 4.99 Å². The van der Waals surface area contributed by atoms with E-state index in [2.05, 4.69) is 20.9 Å². The minimum absolute atomic E-state index is 0.217. The van der Waals surface area contributed by atoms with Crippen LogP contribution in [-0.4, -0.2) is 17.1 Å². The molecule has 4 aromatic rings. The Hall–Kier alpha value is -3.17. The number of aromatic nitrogens is 1. The number of carbonyl (C=O) groups is 1. The second kappa shape index (κ2) is 12.1. The van der Waals surface area contributed by atoms with E-state index in [4.69, 9.17) is 32.7 Å². The van der Waals surface area contributed by atoms with Gasteiger partial charge in [-0.2, -0.15) is 0 Å². The van der Waals surface area contributed by atoms with Crippen molar-refractivity contribution in [3.05, 3.63) is 129 Å². The Morgan fingerprint density at radius 3 is 2.62 bits per heavy atom. The Balaban J connectivity index is 1.60. The zero-order chi connectivity index (χ0) is 28.4. The first-order valence-electron chi connectivity index (χ1n) is 12.4. The van der Waals surface area contributed by atoms with Crippen LogP contribution in [-0.2, 0) is 16.1 Å². The van der Waals surface area contributed by atoms with Gasteiger partial charge in [0.05, 0.1) is 28.5 Å². The molecule has 40 heavy (non-hydrogen) atoms. The quantitative estimate of drug-likeness (QED) is 0.214. The first kappa shape index (κ1) is 28.4. The number of rotatable bonds is 7. The molecule has 1 aliphatic heterocycles. The standard InChI is InChI=1S/C30H23BrCl2N2O4S/c1-3-38-29(37)26-17(2)34-30-35(27(26)18-7-5-4-6-8-18)28(36)25(40-30)14-20-13-21(31)10-12-24(20)39-16-19-9-11-22(32)15-23(19)33/h4-15,27H,3,16H2,1-2H3/b25-14+/t27-/m0/s1. The number of thiazole rings is 1. The van der Waals surface area contributed by atoms with Crippen LogP contribution in [0.3, 0.4) is 0 Å². The second-order valence-corrected chi connectivity index (χ2v) is 11.7. The van der Waals surface area contributed by atoms with Crippen LogP contribution in [0.2, 0.25) is 10.0 Å². The van der Waals surface area contributed by atoms with Gasteiger partial charge >= 0.3 is 5.97 Å². The highest BCUT2D eigenvalue weighted by Crippen LogP contribution is 2.31. The van der Waals surface area contributed by atoms with E-state index in [9.17, 15) is 9.59 Å². The van der Waals surface area contributed by atoms with Gasteiger partial charge in [-0.3, -0.25) is 9.36 Å². The molecule has 0 N–H and O–H groups in total. The van der Waals surface area contributed by atoms with E-state index in [1.54, 1.807) is 36.6 Å². The van der Waals surface area contributed by atoms with Crippen LogP contribution in [0.25, 0.3) is 6.08 Å². The molecule has 0 radical (unpaired) electrons. The molecular weight excluding hydrogens is 635 g/mol. The molecule has 3 aromatic carbocycles. The predicted molar refractivity (Wildman–Crippen MR) is 162 cm³/mol. The Bertz CT molecular complexity index is 1820. The average Bonchev–Trinajstić information content (AvgIpc) is 3.23. The summed E-state index contributed by atoms with van der Waals surface area (Å²) in [6.07, 6.45) is 1.78. The van der Waals surface area contributed by atoms with Crippen LogP contribution < -0.4 is 19.6 Å². The van der Waals surface area contributed by atoms with Gasteiger partial charge in [-0.05, 0) is 55.8 Å². The van der Waals surface area contributed by atoms with E-state index in [1.165, 1.54) is 11.3 Å². The van der Waals surface area contributed by atoms with Gasteiger partial charge in [0.1, 0.15) is 12.4 Å². The number of hydrogen-bond acceptors (Lipinski definition) is 6. The summed E-state index contributed by atoms with van der Waals surface area (Å²) in [5.74, 6) is 0.0819. The predicted octanol–water partition coefficient (Wildman–Crippen LogP) is 6.45. The third-order valence-corrected chi connectivity index (χ3v) is 8.35. The van der Waals surface area contributed by atoms with Gasteiger partial charge in [0.15, 0.2) is 4.80 Å². The maximum absolute atomic E-state index is 13.9. The SMILES string of the molecule is CCOC(=O)C1=C(C)N=c2s/c(=C/c3cc(Br)ccc3OCc3ccc(Cl)cc3Cl)c(=O)n2[C@H]1c1ccccc1. The highest BCUT2D eigenvalue weighted by atomic mass is 79.9. The van der Waals surface area contributed by atoms with Crippen molar-refractivity contribution in [2.75, 3.05) is 6.61 Å². The number of nitrogens with zero attached hydrogens (tertiary/aromatic N) is 2. The zero-order valence-electron chi connectivity index (χ0n) is 21.5. The molecule has 0 saturated carbocycles. The van der Waals surface area contributed by atoms with Gasteiger partial charge in [0, 0.05) is 25.6 Å². The van der Waals surface area contributed by atoms with Crippen LogP contribution in [0.1, 0.15) is 36.6 Å². The lowest BCUT2D eigenvalue weighted by Crippen LogP contribution is -2.39. The molecule has 0 fully saturated rings. The lowest BCUT2D eigenvalue weighted by molar-refractivity contribution is -0.139. The fourth-order valence-electron chi connectivity index (χ4n) is 4.44.